The molecule has 1 amide bonds. The standard InChI is InChI=1S/C12H24N2O5/c1-16-6-7-18-10-11-19-9-8-17-5-4-14-12(15)2-3-13/h2-3H,4-11,13H2,1H3,(H,14,15). The minimum Gasteiger partial charge on any atom is -0.404 e. The van der Waals surface area contributed by atoms with Crippen molar-refractivity contribution in [2.45, 2.75) is 0 Å². The number of rotatable bonds is 13. The molecule has 0 saturated carbocycles. The van der Waals surface area contributed by atoms with Crippen LogP contribution in [-0.2, 0) is 23.7 Å². The van der Waals surface area contributed by atoms with Gasteiger partial charge in [-0.05, 0) is 6.20 Å². The molecule has 0 aromatic rings. The second-order valence-electron chi connectivity index (χ2n) is 3.48. The first-order valence-corrected chi connectivity index (χ1v) is 6.19. The Kier molecular flexibility index (Phi) is 14.0. The third-order valence-electron chi connectivity index (χ3n) is 1.97. The van der Waals surface area contributed by atoms with Gasteiger partial charge in [-0.1, -0.05) is 0 Å². The summed E-state index contributed by atoms with van der Waals surface area (Å²) in [5, 5.41) is 2.61. The zero-order chi connectivity index (χ0) is 14.2. The van der Waals surface area contributed by atoms with Crippen molar-refractivity contribution in [3.63, 3.8) is 0 Å². The maximum absolute atomic E-state index is 10.9. The van der Waals surface area contributed by atoms with Crippen molar-refractivity contribution >= 4 is 5.91 Å². The maximum atomic E-state index is 10.9. The second-order valence-corrected chi connectivity index (χ2v) is 3.48. The quantitative estimate of drug-likeness (QED) is 0.340. The van der Waals surface area contributed by atoms with Crippen LogP contribution < -0.4 is 11.1 Å². The van der Waals surface area contributed by atoms with Gasteiger partial charge in [-0.3, -0.25) is 4.79 Å². The highest BCUT2D eigenvalue weighted by atomic mass is 16.6. The summed E-state index contributed by atoms with van der Waals surface area (Å²) in [6.07, 6.45) is 2.45. The van der Waals surface area contributed by atoms with Crippen LogP contribution in [0.2, 0.25) is 0 Å². The Morgan fingerprint density at radius 3 is 2.05 bits per heavy atom. The van der Waals surface area contributed by atoms with E-state index in [0.717, 1.165) is 0 Å². The molecule has 0 aromatic carbocycles. The number of amides is 1. The molecule has 0 aliphatic carbocycles. The number of nitrogens with two attached hydrogens (primary N) is 1. The summed E-state index contributed by atoms with van der Waals surface area (Å²) >= 11 is 0. The second kappa shape index (κ2) is 14.9. The molecule has 0 fully saturated rings. The van der Waals surface area contributed by atoms with E-state index in [0.29, 0.717) is 52.8 Å². The molecule has 0 spiro atoms. The van der Waals surface area contributed by atoms with Gasteiger partial charge in [0.15, 0.2) is 0 Å². The Morgan fingerprint density at radius 1 is 1.00 bits per heavy atom. The van der Waals surface area contributed by atoms with E-state index in [1.54, 1.807) is 7.11 Å². The van der Waals surface area contributed by atoms with Crippen molar-refractivity contribution in [2.75, 3.05) is 59.9 Å². The zero-order valence-electron chi connectivity index (χ0n) is 11.4. The SMILES string of the molecule is COCCOCCOCCOCCNC(=O)C=CN. The number of hydrogen-bond donors (Lipinski definition) is 2. The number of carbonyl (C=O) groups excluding carboxylic acids is 1. The highest BCUT2D eigenvalue weighted by Gasteiger charge is 1.94. The molecule has 0 atom stereocenters. The fourth-order valence-electron chi connectivity index (χ4n) is 1.08. The summed E-state index contributed by atoms with van der Waals surface area (Å²) in [6, 6.07) is 0. The minimum absolute atomic E-state index is 0.226. The van der Waals surface area contributed by atoms with Crippen LogP contribution in [0, 0.1) is 0 Å². The third-order valence-corrected chi connectivity index (χ3v) is 1.97. The number of nitrogens with one attached hydrogen (secondary N) is 1. The van der Waals surface area contributed by atoms with E-state index in [1.165, 1.54) is 12.3 Å². The molecular formula is C12H24N2O5. The van der Waals surface area contributed by atoms with E-state index < -0.39 is 0 Å². The normalized spacial score (nSPS) is 11.0. The molecule has 0 aliphatic heterocycles. The maximum Gasteiger partial charge on any atom is 0.245 e. The van der Waals surface area contributed by atoms with Crippen molar-refractivity contribution < 1.29 is 23.7 Å². The van der Waals surface area contributed by atoms with Crippen molar-refractivity contribution in [1.82, 2.24) is 5.32 Å². The Morgan fingerprint density at radius 2 is 1.53 bits per heavy atom. The third kappa shape index (κ3) is 14.8. The van der Waals surface area contributed by atoms with E-state index >= 15 is 0 Å². The van der Waals surface area contributed by atoms with Gasteiger partial charge in [0.25, 0.3) is 0 Å². The first kappa shape index (κ1) is 17.8. The Bertz CT molecular complexity index is 236. The summed E-state index contributed by atoms with van der Waals surface area (Å²) in [5.74, 6) is -0.226. The lowest BCUT2D eigenvalue weighted by atomic mass is 10.5. The zero-order valence-corrected chi connectivity index (χ0v) is 11.4. The highest BCUT2D eigenvalue weighted by molar-refractivity contribution is 5.87. The number of carbonyl (C=O) groups is 1. The van der Waals surface area contributed by atoms with Gasteiger partial charge in [-0.25, -0.2) is 0 Å². The van der Waals surface area contributed by atoms with Gasteiger partial charge in [-0.15, -0.1) is 0 Å². The number of methoxy groups -OCH3 is 1. The first-order valence-electron chi connectivity index (χ1n) is 6.19. The largest absolute Gasteiger partial charge is 0.404 e. The topological polar surface area (TPSA) is 92.0 Å². The van der Waals surface area contributed by atoms with Crippen molar-refractivity contribution in [3.05, 3.63) is 12.3 Å². The van der Waals surface area contributed by atoms with E-state index in [2.05, 4.69) is 5.32 Å². The van der Waals surface area contributed by atoms with Crippen LogP contribution in [0.5, 0.6) is 0 Å². The van der Waals surface area contributed by atoms with Crippen LogP contribution in [0.15, 0.2) is 12.3 Å². The van der Waals surface area contributed by atoms with Gasteiger partial charge in [0.1, 0.15) is 0 Å². The van der Waals surface area contributed by atoms with Gasteiger partial charge < -0.3 is 30.0 Å². The van der Waals surface area contributed by atoms with Crippen molar-refractivity contribution in [1.29, 1.82) is 0 Å². The van der Waals surface area contributed by atoms with E-state index in [9.17, 15) is 4.79 Å². The van der Waals surface area contributed by atoms with Crippen molar-refractivity contribution in [2.24, 2.45) is 5.73 Å². The summed E-state index contributed by atoms with van der Waals surface area (Å²) in [7, 11) is 1.63. The monoisotopic (exact) mass is 276 g/mol. The Hall–Kier alpha value is -1.15. The van der Waals surface area contributed by atoms with Crippen LogP contribution in [0.4, 0.5) is 0 Å². The fraction of sp³-hybridized carbons (Fsp3) is 0.750. The lowest BCUT2D eigenvalue weighted by Gasteiger charge is -2.07. The summed E-state index contributed by atoms with van der Waals surface area (Å²) in [6.45, 7) is 4.13. The predicted octanol–water partition coefficient (Wildman–Crippen LogP) is -0.729. The molecule has 0 bridgehead atoms. The van der Waals surface area contributed by atoms with Crippen LogP contribution >= 0.6 is 0 Å². The molecule has 0 rings (SSSR count). The minimum atomic E-state index is -0.226. The van der Waals surface area contributed by atoms with Crippen LogP contribution in [-0.4, -0.2) is 65.8 Å². The van der Waals surface area contributed by atoms with Gasteiger partial charge >= 0.3 is 0 Å². The van der Waals surface area contributed by atoms with Crippen LogP contribution in [0.3, 0.4) is 0 Å². The predicted molar refractivity (Wildman–Crippen MR) is 70.7 cm³/mol. The van der Waals surface area contributed by atoms with Gasteiger partial charge in [-0.2, -0.15) is 0 Å². The molecule has 0 heterocycles. The summed E-state index contributed by atoms with van der Waals surface area (Å²) in [5.41, 5.74) is 5.06. The molecule has 0 aliphatic rings. The molecule has 7 nitrogen and oxygen atoms in total. The first-order chi connectivity index (χ1) is 9.31. The Balaban J connectivity index is 3.05. The molecule has 19 heavy (non-hydrogen) atoms. The molecule has 0 radical (unpaired) electrons. The van der Waals surface area contributed by atoms with Gasteiger partial charge in [0, 0.05) is 19.7 Å². The molecular weight excluding hydrogens is 252 g/mol. The lowest BCUT2D eigenvalue weighted by molar-refractivity contribution is -0.116. The number of hydrogen-bond acceptors (Lipinski definition) is 6. The van der Waals surface area contributed by atoms with Gasteiger partial charge in [0.2, 0.25) is 5.91 Å². The summed E-state index contributed by atoms with van der Waals surface area (Å²) < 4.78 is 20.6. The molecule has 112 valence electrons. The van der Waals surface area contributed by atoms with E-state index in [1.807, 2.05) is 0 Å². The average molecular weight is 276 g/mol. The molecule has 0 aromatic heterocycles. The van der Waals surface area contributed by atoms with Gasteiger partial charge in [0.05, 0.1) is 46.2 Å². The lowest BCUT2D eigenvalue weighted by Crippen LogP contribution is -2.26. The highest BCUT2D eigenvalue weighted by Crippen LogP contribution is 1.81. The molecule has 0 unspecified atom stereocenters. The molecule has 3 N–H and O–H groups in total. The van der Waals surface area contributed by atoms with E-state index in [4.69, 9.17) is 24.7 Å². The average Bonchev–Trinajstić information content (AvgIpc) is 2.40. The molecule has 0 saturated heterocycles. The molecule has 7 heteroatoms. The summed E-state index contributed by atoms with van der Waals surface area (Å²) in [4.78, 5) is 10.9. The smallest absolute Gasteiger partial charge is 0.245 e. The van der Waals surface area contributed by atoms with E-state index in [-0.39, 0.29) is 5.91 Å². The van der Waals surface area contributed by atoms with Crippen molar-refractivity contribution in [3.8, 4) is 0 Å². The van der Waals surface area contributed by atoms with Crippen LogP contribution in [0.1, 0.15) is 0 Å². The Labute approximate surface area is 114 Å². The number of ether oxygens (including phenoxy) is 4. The van der Waals surface area contributed by atoms with Crippen LogP contribution in [0.25, 0.3) is 0 Å². The fourth-order valence-corrected chi connectivity index (χ4v) is 1.08.